The van der Waals surface area contributed by atoms with Crippen LogP contribution >= 0.6 is 15.9 Å². The van der Waals surface area contributed by atoms with Crippen molar-refractivity contribution in [2.24, 2.45) is 0 Å². The van der Waals surface area contributed by atoms with Gasteiger partial charge in [0, 0.05) is 49.1 Å². The van der Waals surface area contributed by atoms with Gasteiger partial charge in [-0.2, -0.15) is 0 Å². The third-order valence-corrected chi connectivity index (χ3v) is 4.83. The molecule has 0 aromatic carbocycles. The van der Waals surface area contributed by atoms with Crippen LogP contribution in [0.25, 0.3) is 11.0 Å². The second-order valence-corrected chi connectivity index (χ2v) is 6.55. The average Bonchev–Trinajstić information content (AvgIpc) is 2.53. The number of rotatable bonds is 3. The summed E-state index contributed by atoms with van der Waals surface area (Å²) in [5.74, 6) is 0. The second kappa shape index (κ2) is 6.28. The molecule has 2 aromatic heterocycles. The van der Waals surface area contributed by atoms with Crippen LogP contribution in [0, 0.1) is 0 Å². The van der Waals surface area contributed by atoms with E-state index >= 15 is 0 Å². The van der Waals surface area contributed by atoms with Crippen molar-refractivity contribution < 1.29 is 0 Å². The number of fused-ring (bicyclic) bond motifs is 1. The number of aromatic nitrogens is 2. The van der Waals surface area contributed by atoms with Crippen molar-refractivity contribution in [2.75, 3.05) is 31.1 Å². The Labute approximate surface area is 134 Å². The third-order valence-electron chi connectivity index (χ3n) is 4.39. The fraction of sp³-hybridized carbons (Fsp3) is 0.500. The third kappa shape index (κ3) is 3.04. The van der Waals surface area contributed by atoms with E-state index in [1.54, 1.807) is 0 Å². The lowest BCUT2D eigenvalue weighted by Crippen LogP contribution is -2.49. The molecule has 1 aliphatic rings. The zero-order chi connectivity index (χ0) is 14.8. The molecular formula is C16H21BrN4. The van der Waals surface area contributed by atoms with Crippen molar-refractivity contribution >= 4 is 32.7 Å². The van der Waals surface area contributed by atoms with Gasteiger partial charge in [-0.3, -0.25) is 14.9 Å². The fourth-order valence-electron chi connectivity index (χ4n) is 2.91. The Bertz CT molecular complexity index is 623. The summed E-state index contributed by atoms with van der Waals surface area (Å²) in [6.07, 6.45) is 4.95. The quantitative estimate of drug-likeness (QED) is 0.851. The highest BCUT2D eigenvalue weighted by molar-refractivity contribution is 9.10. The van der Waals surface area contributed by atoms with Gasteiger partial charge in [0.2, 0.25) is 0 Å². The fourth-order valence-corrected chi connectivity index (χ4v) is 3.23. The van der Waals surface area contributed by atoms with Gasteiger partial charge in [-0.05, 0) is 41.4 Å². The van der Waals surface area contributed by atoms with Crippen LogP contribution < -0.4 is 4.90 Å². The molecule has 3 rings (SSSR count). The number of pyridine rings is 2. The van der Waals surface area contributed by atoms with Gasteiger partial charge in [0.15, 0.2) is 0 Å². The summed E-state index contributed by atoms with van der Waals surface area (Å²) in [6, 6.07) is 4.79. The number of hydrogen-bond donors (Lipinski definition) is 0. The predicted molar refractivity (Wildman–Crippen MR) is 90.8 cm³/mol. The Balaban J connectivity index is 1.82. The number of nitrogens with zero attached hydrogens (tertiary/aromatic N) is 4. The van der Waals surface area contributed by atoms with Gasteiger partial charge in [0.05, 0.1) is 11.2 Å². The Kier molecular flexibility index (Phi) is 4.40. The van der Waals surface area contributed by atoms with Crippen LogP contribution in [0.15, 0.2) is 29.0 Å². The molecule has 2 aromatic rings. The maximum Gasteiger partial charge on any atom is 0.112 e. The molecule has 0 spiro atoms. The van der Waals surface area contributed by atoms with E-state index in [2.05, 4.69) is 55.6 Å². The summed E-state index contributed by atoms with van der Waals surface area (Å²) < 4.78 is 0.973. The molecule has 0 N–H and O–H groups in total. The Morgan fingerprint density at radius 2 is 2.00 bits per heavy atom. The molecule has 0 aliphatic carbocycles. The molecule has 21 heavy (non-hydrogen) atoms. The second-order valence-electron chi connectivity index (χ2n) is 5.63. The molecule has 1 fully saturated rings. The first-order valence-electron chi connectivity index (χ1n) is 7.58. The molecule has 5 heteroatoms. The summed E-state index contributed by atoms with van der Waals surface area (Å²) >= 11 is 3.46. The first kappa shape index (κ1) is 14.7. The minimum absolute atomic E-state index is 0.676. The largest absolute Gasteiger partial charge is 0.367 e. The van der Waals surface area contributed by atoms with Crippen molar-refractivity contribution in [1.82, 2.24) is 14.9 Å². The van der Waals surface area contributed by atoms with E-state index in [9.17, 15) is 0 Å². The maximum atomic E-state index is 4.56. The van der Waals surface area contributed by atoms with Crippen LogP contribution in [-0.4, -0.2) is 47.1 Å². The normalized spacial score (nSPS) is 18.1. The Morgan fingerprint density at radius 1 is 1.24 bits per heavy atom. The topological polar surface area (TPSA) is 32.3 Å². The molecule has 0 saturated carbocycles. The van der Waals surface area contributed by atoms with Gasteiger partial charge in [-0.25, -0.2) is 0 Å². The number of anilines is 1. The van der Waals surface area contributed by atoms with E-state index in [1.165, 1.54) is 12.1 Å². The first-order chi connectivity index (χ1) is 10.2. The van der Waals surface area contributed by atoms with Crippen LogP contribution in [0.2, 0.25) is 0 Å². The lowest BCUT2D eigenvalue weighted by atomic mass is 10.1. The molecule has 1 aliphatic heterocycles. The van der Waals surface area contributed by atoms with E-state index < -0.39 is 0 Å². The highest BCUT2D eigenvalue weighted by Gasteiger charge is 2.21. The van der Waals surface area contributed by atoms with Crippen LogP contribution in [0.4, 0.5) is 5.69 Å². The summed E-state index contributed by atoms with van der Waals surface area (Å²) in [4.78, 5) is 14.0. The van der Waals surface area contributed by atoms with Gasteiger partial charge in [0.1, 0.15) is 5.52 Å². The molecule has 1 unspecified atom stereocenters. The van der Waals surface area contributed by atoms with E-state index in [-0.39, 0.29) is 0 Å². The molecular weight excluding hydrogens is 328 g/mol. The van der Waals surface area contributed by atoms with Crippen LogP contribution in [0.5, 0.6) is 0 Å². The Hall–Kier alpha value is -1.20. The number of piperazine rings is 1. The highest BCUT2D eigenvalue weighted by Crippen LogP contribution is 2.26. The summed E-state index contributed by atoms with van der Waals surface area (Å²) in [7, 11) is 0. The number of hydrogen-bond acceptors (Lipinski definition) is 4. The van der Waals surface area contributed by atoms with E-state index in [0.29, 0.717) is 6.04 Å². The molecule has 112 valence electrons. The van der Waals surface area contributed by atoms with Gasteiger partial charge < -0.3 is 4.90 Å². The monoisotopic (exact) mass is 348 g/mol. The number of halogens is 1. The highest BCUT2D eigenvalue weighted by atomic mass is 79.9. The van der Waals surface area contributed by atoms with Crippen molar-refractivity contribution in [3.63, 3.8) is 0 Å². The summed E-state index contributed by atoms with van der Waals surface area (Å²) in [5, 5.41) is 0. The lowest BCUT2D eigenvalue weighted by molar-refractivity contribution is 0.193. The molecule has 3 heterocycles. The van der Waals surface area contributed by atoms with Gasteiger partial charge in [-0.1, -0.05) is 6.92 Å². The SMILES string of the molecule is CCC(C)N1CCN(c2ccnc3cc(Br)cnc23)CC1. The summed E-state index contributed by atoms with van der Waals surface area (Å²) in [5.41, 5.74) is 3.15. The average molecular weight is 349 g/mol. The van der Waals surface area contributed by atoms with Crippen molar-refractivity contribution in [3.05, 3.63) is 29.0 Å². The summed E-state index contributed by atoms with van der Waals surface area (Å²) in [6.45, 7) is 8.93. The zero-order valence-electron chi connectivity index (χ0n) is 12.6. The van der Waals surface area contributed by atoms with Crippen molar-refractivity contribution in [2.45, 2.75) is 26.3 Å². The minimum atomic E-state index is 0.676. The lowest BCUT2D eigenvalue weighted by Gasteiger charge is -2.39. The van der Waals surface area contributed by atoms with Crippen LogP contribution in [0.1, 0.15) is 20.3 Å². The van der Waals surface area contributed by atoms with Crippen LogP contribution in [0.3, 0.4) is 0 Å². The van der Waals surface area contributed by atoms with Crippen LogP contribution in [-0.2, 0) is 0 Å². The van der Waals surface area contributed by atoms with E-state index in [1.807, 2.05) is 18.5 Å². The molecule has 1 saturated heterocycles. The van der Waals surface area contributed by atoms with Gasteiger partial charge in [0.25, 0.3) is 0 Å². The van der Waals surface area contributed by atoms with Crippen molar-refractivity contribution in [1.29, 1.82) is 0 Å². The standard InChI is InChI=1S/C16H21BrN4/c1-3-12(2)20-6-8-21(9-7-20)15-4-5-18-14-10-13(17)11-19-16(14)15/h4-5,10-12H,3,6-9H2,1-2H3. The Morgan fingerprint density at radius 3 is 2.71 bits per heavy atom. The molecule has 0 bridgehead atoms. The molecule has 1 atom stereocenters. The first-order valence-corrected chi connectivity index (χ1v) is 8.37. The molecule has 4 nitrogen and oxygen atoms in total. The molecule has 0 radical (unpaired) electrons. The smallest absolute Gasteiger partial charge is 0.112 e. The predicted octanol–water partition coefficient (Wildman–Crippen LogP) is 3.31. The van der Waals surface area contributed by atoms with Gasteiger partial charge in [-0.15, -0.1) is 0 Å². The van der Waals surface area contributed by atoms with E-state index in [0.717, 1.165) is 41.7 Å². The molecule has 0 amide bonds. The van der Waals surface area contributed by atoms with Gasteiger partial charge >= 0.3 is 0 Å². The van der Waals surface area contributed by atoms with Crippen molar-refractivity contribution in [3.8, 4) is 0 Å². The zero-order valence-corrected chi connectivity index (χ0v) is 14.2. The maximum absolute atomic E-state index is 4.56. The minimum Gasteiger partial charge on any atom is -0.367 e. The van der Waals surface area contributed by atoms with E-state index in [4.69, 9.17) is 0 Å².